The van der Waals surface area contributed by atoms with Crippen LogP contribution in [0.3, 0.4) is 0 Å². The van der Waals surface area contributed by atoms with Gasteiger partial charge in [0, 0.05) is 0 Å². The minimum absolute atomic E-state index is 1.12. The summed E-state index contributed by atoms with van der Waals surface area (Å²) in [6.45, 7) is 2.24. The maximum atomic E-state index is 11.7. The third kappa shape index (κ3) is 4.04. The topological polar surface area (TPSA) is 9.23 Å². The van der Waals surface area contributed by atoms with Gasteiger partial charge in [-0.3, -0.25) is 4.11 Å². The van der Waals surface area contributed by atoms with Crippen LogP contribution in [0, 0.1) is 0 Å². The molecule has 4 heteroatoms. The minimum Gasteiger partial charge on any atom is -0.273 e. The average Bonchev–Trinajstić information content (AvgIpc) is 1.35. The van der Waals surface area contributed by atoms with E-state index < -0.39 is 8.65 Å². The van der Waals surface area contributed by atoms with Gasteiger partial charge >= 0.3 is 8.65 Å². The summed E-state index contributed by atoms with van der Waals surface area (Å²) in [6, 6.07) is 0. The zero-order valence-corrected chi connectivity index (χ0v) is 4.66. The molecule has 0 bridgehead atoms. The zero-order chi connectivity index (χ0) is 5.21. The first-order valence-corrected chi connectivity index (χ1v) is 4.33. The van der Waals surface area contributed by atoms with Crippen LogP contribution in [-0.4, -0.2) is 8.65 Å². The molecule has 0 aromatic rings. The molecule has 0 aliphatic rings. The number of hydrogen-bond donors (Lipinski definition) is 0. The lowest BCUT2D eigenvalue weighted by Crippen LogP contribution is -2.18. The monoisotopic (exact) mass is 112 g/mol. The number of halogens is 2. The van der Waals surface area contributed by atoms with Gasteiger partial charge in [-0.1, -0.05) is 4.53 Å². The number of rotatable bonds is 1. The van der Waals surface area contributed by atoms with Gasteiger partial charge in [-0.2, -0.15) is 0 Å². The van der Waals surface area contributed by atoms with E-state index in [-0.39, 0.29) is 0 Å². The fraction of sp³-hybridized carbons (Fsp3) is 1.00. The summed E-state index contributed by atoms with van der Waals surface area (Å²) >= 11 is 0. The van der Waals surface area contributed by atoms with Crippen LogP contribution in [0.2, 0.25) is 13.1 Å². The molecular weight excluding hydrogens is 106 g/mol. The molecule has 0 aliphatic carbocycles. The van der Waals surface area contributed by atoms with E-state index in [1.807, 2.05) is 0 Å². The Morgan fingerprint density at radius 2 is 1.67 bits per heavy atom. The van der Waals surface area contributed by atoms with Crippen LogP contribution < -0.4 is 0 Å². The Morgan fingerprint density at radius 1 is 1.50 bits per heavy atom. The summed E-state index contributed by atoms with van der Waals surface area (Å²) in [5, 5.41) is 0. The highest BCUT2D eigenvalue weighted by Gasteiger charge is 2.22. The van der Waals surface area contributed by atoms with E-state index >= 15 is 0 Å². The van der Waals surface area contributed by atoms with E-state index in [1.54, 1.807) is 0 Å². The van der Waals surface area contributed by atoms with Crippen LogP contribution in [0.5, 0.6) is 0 Å². The first kappa shape index (κ1) is 6.04. The maximum absolute atomic E-state index is 11.7. The predicted octanol–water partition coefficient (Wildman–Crippen LogP) is 1.56. The van der Waals surface area contributed by atoms with Crippen molar-refractivity contribution in [3.63, 3.8) is 0 Å². The van der Waals surface area contributed by atoms with E-state index in [1.165, 1.54) is 0 Å². The van der Waals surface area contributed by atoms with Crippen LogP contribution in [0.25, 0.3) is 0 Å². The second-order valence-corrected chi connectivity index (χ2v) is 4.32. The highest BCUT2D eigenvalue weighted by molar-refractivity contribution is 6.63. The van der Waals surface area contributed by atoms with Gasteiger partial charge in [0.2, 0.25) is 0 Å². The van der Waals surface area contributed by atoms with Crippen molar-refractivity contribution in [2.45, 2.75) is 13.1 Å². The first-order chi connectivity index (χ1) is 2.56. The van der Waals surface area contributed by atoms with E-state index in [9.17, 15) is 8.63 Å². The molecule has 0 radical (unpaired) electrons. The Balaban J connectivity index is 3.17. The van der Waals surface area contributed by atoms with E-state index in [2.05, 4.69) is 4.63 Å². The van der Waals surface area contributed by atoms with E-state index in [4.69, 9.17) is 0 Å². The summed E-state index contributed by atoms with van der Waals surface area (Å²) in [4.78, 5) is 0. The summed E-state index contributed by atoms with van der Waals surface area (Å²) in [5.41, 5.74) is 0. The molecule has 0 atom stereocenters. The van der Waals surface area contributed by atoms with Crippen molar-refractivity contribution in [2.24, 2.45) is 0 Å². The zero-order valence-electron chi connectivity index (χ0n) is 3.66. The lowest BCUT2D eigenvalue weighted by Gasteiger charge is -1.98. The Kier molecular flexibility index (Phi) is 1.67. The van der Waals surface area contributed by atoms with Crippen molar-refractivity contribution in [3.05, 3.63) is 0 Å². The molecule has 0 spiro atoms. The van der Waals surface area contributed by atoms with Crippen LogP contribution in [0.4, 0.5) is 8.63 Å². The fourth-order valence-electron chi connectivity index (χ4n) is 0. The highest BCUT2D eigenvalue weighted by atomic mass is 28.4. The predicted molar refractivity (Wildman–Crippen MR) is 20.8 cm³/mol. The molecule has 1 nitrogen and oxygen atoms in total. The second-order valence-electron chi connectivity index (χ2n) is 1.44. The summed E-state index contributed by atoms with van der Waals surface area (Å²) < 4.78 is 25.3. The largest absolute Gasteiger partial charge is 0.418 e. The van der Waals surface area contributed by atoms with Crippen molar-refractivity contribution in [1.29, 1.82) is 0 Å². The van der Waals surface area contributed by atoms with Gasteiger partial charge in [0.1, 0.15) is 0 Å². The third-order valence-electron chi connectivity index (χ3n) is 0.183. The van der Waals surface area contributed by atoms with Gasteiger partial charge in [-0.05, 0) is 13.1 Å². The normalized spacial score (nSPS) is 12.0. The Labute approximate surface area is 36.1 Å². The first-order valence-electron chi connectivity index (χ1n) is 1.55. The molecule has 0 unspecified atom stereocenters. The molecule has 0 fully saturated rings. The molecule has 0 heterocycles. The molecule has 0 aromatic carbocycles. The van der Waals surface area contributed by atoms with Crippen LogP contribution in [0.15, 0.2) is 0 Å². The second kappa shape index (κ2) is 1.66. The van der Waals surface area contributed by atoms with Crippen molar-refractivity contribution in [3.8, 4) is 0 Å². The van der Waals surface area contributed by atoms with E-state index in [0.29, 0.717) is 0 Å². The molecule has 38 valence electrons. The minimum atomic E-state index is -3.30. The SMILES string of the molecule is C[Si](C)(F)OF. The molecule has 0 aromatic heterocycles. The average molecular weight is 112 g/mol. The molecule has 0 N–H and O–H groups in total. The maximum Gasteiger partial charge on any atom is 0.418 e. The van der Waals surface area contributed by atoms with Gasteiger partial charge in [0.25, 0.3) is 0 Å². The lowest BCUT2D eigenvalue weighted by molar-refractivity contribution is -0.0315. The quantitative estimate of drug-likeness (QED) is 0.369. The number of hydrogen-bond acceptors (Lipinski definition) is 1. The van der Waals surface area contributed by atoms with Crippen LogP contribution >= 0.6 is 0 Å². The van der Waals surface area contributed by atoms with Crippen molar-refractivity contribution < 1.29 is 13.3 Å². The molecular formula is C2H6F2OSi. The standard InChI is InChI=1S/C2H6F2OSi/c1-6(2,4)5-3/h1-2H3. The van der Waals surface area contributed by atoms with E-state index in [0.717, 1.165) is 13.1 Å². The molecule has 0 saturated carbocycles. The van der Waals surface area contributed by atoms with Gasteiger partial charge in [-0.15, -0.1) is 0 Å². The molecule has 0 amide bonds. The molecule has 0 saturated heterocycles. The van der Waals surface area contributed by atoms with Gasteiger partial charge in [0.15, 0.2) is 0 Å². The fourth-order valence-corrected chi connectivity index (χ4v) is 0. The van der Waals surface area contributed by atoms with Crippen LogP contribution in [-0.2, 0) is 4.63 Å². The van der Waals surface area contributed by atoms with Crippen molar-refractivity contribution in [1.82, 2.24) is 0 Å². The lowest BCUT2D eigenvalue weighted by atomic mass is 11.9. The molecule has 0 rings (SSSR count). The molecule has 0 aliphatic heterocycles. The smallest absolute Gasteiger partial charge is 0.273 e. The summed E-state index contributed by atoms with van der Waals surface area (Å²) in [5.74, 6) is 0. The highest BCUT2D eigenvalue weighted by Crippen LogP contribution is 2.03. The Bertz CT molecular complexity index is 41.3. The van der Waals surface area contributed by atoms with Gasteiger partial charge in [0.05, 0.1) is 0 Å². The van der Waals surface area contributed by atoms with Gasteiger partial charge in [-0.25, -0.2) is 4.63 Å². The van der Waals surface area contributed by atoms with Crippen LogP contribution in [0.1, 0.15) is 0 Å². The van der Waals surface area contributed by atoms with Crippen molar-refractivity contribution >= 4 is 8.65 Å². The summed E-state index contributed by atoms with van der Waals surface area (Å²) in [6.07, 6.45) is 0. The van der Waals surface area contributed by atoms with Crippen molar-refractivity contribution in [2.75, 3.05) is 0 Å². The van der Waals surface area contributed by atoms with Gasteiger partial charge < -0.3 is 0 Å². The third-order valence-corrected chi connectivity index (χ3v) is 0.550. The molecule has 6 heavy (non-hydrogen) atoms. The summed E-state index contributed by atoms with van der Waals surface area (Å²) in [7, 11) is -3.30. The Morgan fingerprint density at radius 3 is 1.67 bits per heavy atom. The Hall–Kier alpha value is 0.0369.